The first-order valence-corrected chi connectivity index (χ1v) is 8.58. The summed E-state index contributed by atoms with van der Waals surface area (Å²) in [5.74, 6) is -1.19. The molecule has 0 aliphatic carbocycles. The minimum Gasteiger partial charge on any atom is -0.481 e. The number of aryl methyl sites for hydroxylation is 1. The Kier molecular flexibility index (Phi) is 7.02. The second-order valence-electron chi connectivity index (χ2n) is 6.04. The molecule has 0 unspecified atom stereocenters. The van der Waals surface area contributed by atoms with Gasteiger partial charge in [-0.25, -0.2) is 0 Å². The Labute approximate surface area is 147 Å². The largest absolute Gasteiger partial charge is 0.481 e. The summed E-state index contributed by atoms with van der Waals surface area (Å²) in [6, 6.07) is 9.99. The van der Waals surface area contributed by atoms with Crippen LogP contribution in [0.15, 0.2) is 36.0 Å². The van der Waals surface area contributed by atoms with Gasteiger partial charge >= 0.3 is 5.97 Å². The number of unbranched alkanes of at least 4 members (excludes halogenated alkanes) is 2. The van der Waals surface area contributed by atoms with E-state index in [1.54, 1.807) is 6.20 Å². The maximum Gasteiger partial charge on any atom is 0.303 e. The molecule has 0 radical (unpaired) electrons. The summed E-state index contributed by atoms with van der Waals surface area (Å²) in [5, 5.41) is 20.6. The van der Waals surface area contributed by atoms with Crippen molar-refractivity contribution in [2.75, 3.05) is 18.0 Å². The zero-order chi connectivity index (χ0) is 18.1. The molecule has 0 saturated heterocycles. The van der Waals surface area contributed by atoms with Crippen LogP contribution in [-0.2, 0) is 16.0 Å². The summed E-state index contributed by atoms with van der Waals surface area (Å²) < 4.78 is 0. The number of fused-ring (bicyclic) bond motifs is 1. The van der Waals surface area contributed by atoms with Crippen molar-refractivity contribution in [3.8, 4) is 6.07 Å². The molecule has 132 valence electrons. The Bertz CT molecular complexity index is 691. The highest BCUT2D eigenvalue weighted by Crippen LogP contribution is 2.27. The summed E-state index contributed by atoms with van der Waals surface area (Å²) in [5.41, 5.74) is 2.35. The Morgan fingerprint density at radius 1 is 1.28 bits per heavy atom. The lowest BCUT2D eigenvalue weighted by Gasteiger charge is -2.28. The fraction of sp³-hybridized carbons (Fsp3) is 0.421. The van der Waals surface area contributed by atoms with E-state index in [9.17, 15) is 14.9 Å². The van der Waals surface area contributed by atoms with Crippen molar-refractivity contribution >= 4 is 17.6 Å². The average molecular weight is 341 g/mol. The van der Waals surface area contributed by atoms with E-state index in [0.717, 1.165) is 31.5 Å². The third kappa shape index (κ3) is 5.64. The van der Waals surface area contributed by atoms with E-state index in [1.807, 2.05) is 29.2 Å². The van der Waals surface area contributed by atoms with Crippen LogP contribution in [0.3, 0.4) is 0 Å². The number of aliphatic carboxylic acids is 1. The molecule has 1 aromatic rings. The number of nitrogens with one attached hydrogen (secondary N) is 1. The monoisotopic (exact) mass is 341 g/mol. The molecule has 0 atom stereocenters. The van der Waals surface area contributed by atoms with E-state index >= 15 is 0 Å². The normalized spacial score (nSPS) is 13.7. The zero-order valence-electron chi connectivity index (χ0n) is 14.2. The van der Waals surface area contributed by atoms with Crippen LogP contribution in [-0.4, -0.2) is 30.1 Å². The fourth-order valence-corrected chi connectivity index (χ4v) is 2.87. The van der Waals surface area contributed by atoms with E-state index in [4.69, 9.17) is 5.11 Å². The van der Waals surface area contributed by atoms with E-state index in [-0.39, 0.29) is 17.9 Å². The van der Waals surface area contributed by atoms with Gasteiger partial charge in [0.05, 0.1) is 0 Å². The third-order valence-electron chi connectivity index (χ3n) is 4.15. The van der Waals surface area contributed by atoms with Gasteiger partial charge in [0.15, 0.2) is 0 Å². The number of nitrogens with zero attached hydrogens (tertiary/aromatic N) is 2. The Balaban J connectivity index is 1.89. The Hall–Kier alpha value is -2.81. The predicted octanol–water partition coefficient (Wildman–Crippen LogP) is 2.61. The number of para-hydroxylation sites is 1. The third-order valence-corrected chi connectivity index (χ3v) is 4.15. The molecule has 1 aliphatic heterocycles. The lowest BCUT2D eigenvalue weighted by Crippen LogP contribution is -2.29. The van der Waals surface area contributed by atoms with Crippen molar-refractivity contribution in [1.29, 1.82) is 5.26 Å². The number of carbonyl (C=O) groups excluding carboxylic acids is 1. The summed E-state index contributed by atoms with van der Waals surface area (Å²) >= 11 is 0. The molecule has 0 aromatic heterocycles. The molecule has 6 heteroatoms. The standard InChI is InChI=1S/C19H23N3O3/c20-13-16(19(25)21-11-5-1-2-10-18(23)24)14-22-12-6-8-15-7-3-4-9-17(15)22/h3-4,7,9,14H,1-2,5-6,8,10-12H2,(H,21,25)(H,23,24)/b16-14-. The number of nitriles is 1. The highest BCUT2D eigenvalue weighted by Gasteiger charge is 2.17. The molecule has 1 heterocycles. The van der Waals surface area contributed by atoms with Gasteiger partial charge in [-0.1, -0.05) is 24.6 Å². The maximum atomic E-state index is 12.2. The highest BCUT2D eigenvalue weighted by molar-refractivity contribution is 5.97. The van der Waals surface area contributed by atoms with Crippen molar-refractivity contribution in [2.45, 2.75) is 38.5 Å². The minimum absolute atomic E-state index is 0.0854. The van der Waals surface area contributed by atoms with E-state index in [2.05, 4.69) is 11.4 Å². The topological polar surface area (TPSA) is 93.4 Å². The molecule has 6 nitrogen and oxygen atoms in total. The molecule has 0 fully saturated rings. The minimum atomic E-state index is -0.805. The van der Waals surface area contributed by atoms with Gasteiger partial charge in [0.1, 0.15) is 11.6 Å². The van der Waals surface area contributed by atoms with Gasteiger partial charge in [-0.15, -0.1) is 0 Å². The average Bonchev–Trinajstić information content (AvgIpc) is 2.62. The van der Waals surface area contributed by atoms with Crippen molar-refractivity contribution in [3.63, 3.8) is 0 Å². The van der Waals surface area contributed by atoms with Crippen LogP contribution in [0.2, 0.25) is 0 Å². The number of carboxylic acid groups (broad SMARTS) is 1. The quantitative estimate of drug-likeness (QED) is 0.431. The van der Waals surface area contributed by atoms with Crippen LogP contribution in [0.1, 0.15) is 37.7 Å². The molecule has 2 N–H and O–H groups in total. The highest BCUT2D eigenvalue weighted by atomic mass is 16.4. The van der Waals surface area contributed by atoms with Crippen molar-refractivity contribution in [2.24, 2.45) is 0 Å². The molecule has 1 aliphatic rings. The maximum absolute atomic E-state index is 12.2. The summed E-state index contributed by atoms with van der Waals surface area (Å²) in [7, 11) is 0. The van der Waals surface area contributed by atoms with Crippen molar-refractivity contribution < 1.29 is 14.7 Å². The van der Waals surface area contributed by atoms with Crippen LogP contribution >= 0.6 is 0 Å². The number of hydrogen-bond acceptors (Lipinski definition) is 4. The second kappa shape index (κ2) is 9.48. The van der Waals surface area contributed by atoms with Gasteiger partial charge in [-0.2, -0.15) is 5.26 Å². The Morgan fingerprint density at radius 2 is 2.08 bits per heavy atom. The first kappa shape index (κ1) is 18.5. The van der Waals surface area contributed by atoms with Crippen LogP contribution < -0.4 is 10.2 Å². The molecule has 1 amide bonds. The van der Waals surface area contributed by atoms with Gasteiger partial charge in [0.2, 0.25) is 0 Å². The predicted molar refractivity (Wildman–Crippen MR) is 94.9 cm³/mol. The van der Waals surface area contributed by atoms with Crippen LogP contribution in [0.25, 0.3) is 0 Å². The van der Waals surface area contributed by atoms with Gasteiger partial charge in [0.25, 0.3) is 5.91 Å². The van der Waals surface area contributed by atoms with E-state index in [1.165, 1.54) is 5.56 Å². The van der Waals surface area contributed by atoms with Gasteiger partial charge < -0.3 is 15.3 Å². The summed E-state index contributed by atoms with van der Waals surface area (Å²) in [4.78, 5) is 24.6. The van der Waals surface area contributed by atoms with Crippen molar-refractivity contribution in [3.05, 3.63) is 41.6 Å². The molecule has 1 aromatic carbocycles. The molecular formula is C19H23N3O3. The molecular weight excluding hydrogens is 318 g/mol. The van der Waals surface area contributed by atoms with Crippen LogP contribution in [0, 0.1) is 11.3 Å². The van der Waals surface area contributed by atoms with Gasteiger partial charge in [-0.3, -0.25) is 9.59 Å². The number of rotatable bonds is 8. The number of anilines is 1. The second-order valence-corrected chi connectivity index (χ2v) is 6.04. The number of carbonyl (C=O) groups is 2. The number of carboxylic acids is 1. The molecule has 0 saturated carbocycles. The van der Waals surface area contributed by atoms with Crippen LogP contribution in [0.4, 0.5) is 5.69 Å². The lowest BCUT2D eigenvalue weighted by atomic mass is 10.0. The van der Waals surface area contributed by atoms with Gasteiger partial charge in [0, 0.05) is 31.4 Å². The molecule has 25 heavy (non-hydrogen) atoms. The van der Waals surface area contributed by atoms with Crippen LogP contribution in [0.5, 0.6) is 0 Å². The SMILES string of the molecule is N#C/C(=C/N1CCCc2ccccc21)C(=O)NCCCCCC(=O)O. The Morgan fingerprint density at radius 3 is 2.84 bits per heavy atom. The molecule has 2 rings (SSSR count). The zero-order valence-corrected chi connectivity index (χ0v) is 14.2. The van der Waals surface area contributed by atoms with Gasteiger partial charge in [-0.05, 0) is 37.3 Å². The molecule has 0 spiro atoms. The lowest BCUT2D eigenvalue weighted by molar-refractivity contribution is -0.137. The number of hydrogen-bond donors (Lipinski definition) is 2. The fourth-order valence-electron chi connectivity index (χ4n) is 2.87. The summed E-state index contributed by atoms with van der Waals surface area (Å²) in [6.07, 6.45) is 5.78. The first-order valence-electron chi connectivity index (χ1n) is 8.58. The molecule has 0 bridgehead atoms. The smallest absolute Gasteiger partial charge is 0.303 e. The number of amides is 1. The first-order chi connectivity index (χ1) is 12.1. The number of benzene rings is 1. The van der Waals surface area contributed by atoms with E-state index in [0.29, 0.717) is 19.4 Å². The van der Waals surface area contributed by atoms with E-state index < -0.39 is 5.97 Å². The summed E-state index contributed by atoms with van der Waals surface area (Å²) in [6.45, 7) is 1.22. The van der Waals surface area contributed by atoms with Crippen molar-refractivity contribution in [1.82, 2.24) is 5.32 Å².